The molecular formula is C24H29F3N4O5S. The SMILES string of the molecule is CN(CCc1ccc(C2=NCCN2)cc1)C(=O)CCNCS(=O)(=O)c1ccccc1.O=C(O)C(F)(F)F. The number of aliphatic imine (C=N–C) groups is 1. The number of carbonyl (C=O) groups excluding carboxylic acids is 1. The molecule has 0 aromatic heterocycles. The summed E-state index contributed by atoms with van der Waals surface area (Å²) in [6.45, 7) is 2.63. The molecule has 3 N–H and O–H groups in total. The Morgan fingerprint density at radius 3 is 2.27 bits per heavy atom. The number of hydrogen-bond acceptors (Lipinski definition) is 7. The number of amides is 1. The number of nitrogens with zero attached hydrogens (tertiary/aromatic N) is 2. The van der Waals surface area contributed by atoms with Crippen molar-refractivity contribution in [2.75, 3.05) is 39.1 Å². The van der Waals surface area contributed by atoms with Crippen LogP contribution >= 0.6 is 0 Å². The third kappa shape index (κ3) is 10.2. The van der Waals surface area contributed by atoms with Gasteiger partial charge in [0.25, 0.3) is 0 Å². The molecule has 0 aliphatic carbocycles. The third-order valence-electron chi connectivity index (χ3n) is 5.22. The van der Waals surface area contributed by atoms with Crippen LogP contribution in [0.1, 0.15) is 17.5 Å². The van der Waals surface area contributed by atoms with Gasteiger partial charge in [-0.15, -0.1) is 0 Å². The van der Waals surface area contributed by atoms with Crippen LogP contribution in [0.3, 0.4) is 0 Å². The second kappa shape index (κ2) is 13.7. The summed E-state index contributed by atoms with van der Waals surface area (Å²) in [5, 5.41) is 13.2. The first-order chi connectivity index (χ1) is 17.4. The van der Waals surface area contributed by atoms with Gasteiger partial charge in [0, 0.05) is 38.7 Å². The standard InChI is InChI=1S/C22H28N4O3S.C2HF3O2/c1-26(16-12-18-7-9-19(10-8-18)22-24-14-15-25-22)21(27)11-13-23-17-30(28,29)20-5-3-2-4-6-20;3-2(4,5)1(6)7/h2-10,23H,11-17H2,1H3,(H,24,25);(H,6,7). The summed E-state index contributed by atoms with van der Waals surface area (Å²) in [7, 11) is -1.61. The number of likely N-dealkylation sites (N-methyl/N-ethyl adjacent to an activating group) is 1. The van der Waals surface area contributed by atoms with E-state index in [1.54, 1.807) is 42.3 Å². The maximum absolute atomic E-state index is 12.3. The third-order valence-corrected chi connectivity index (χ3v) is 6.79. The average molecular weight is 543 g/mol. The zero-order valence-electron chi connectivity index (χ0n) is 20.2. The normalized spacial score (nSPS) is 13.1. The van der Waals surface area contributed by atoms with Crippen molar-refractivity contribution in [1.29, 1.82) is 0 Å². The van der Waals surface area contributed by atoms with E-state index < -0.39 is 22.0 Å². The Labute approximate surface area is 213 Å². The molecule has 2 aromatic carbocycles. The highest BCUT2D eigenvalue weighted by Crippen LogP contribution is 2.13. The first kappa shape index (κ1) is 29.8. The molecule has 202 valence electrons. The highest BCUT2D eigenvalue weighted by Gasteiger charge is 2.38. The fourth-order valence-corrected chi connectivity index (χ4v) is 4.30. The van der Waals surface area contributed by atoms with Gasteiger partial charge < -0.3 is 20.6 Å². The second-order valence-electron chi connectivity index (χ2n) is 8.04. The predicted molar refractivity (Wildman–Crippen MR) is 132 cm³/mol. The van der Waals surface area contributed by atoms with Crippen molar-refractivity contribution in [3.63, 3.8) is 0 Å². The minimum Gasteiger partial charge on any atom is -0.475 e. The smallest absolute Gasteiger partial charge is 0.475 e. The number of carbonyl (C=O) groups is 2. The molecule has 37 heavy (non-hydrogen) atoms. The van der Waals surface area contributed by atoms with Crippen molar-refractivity contribution < 1.29 is 36.3 Å². The first-order valence-electron chi connectivity index (χ1n) is 11.3. The van der Waals surface area contributed by atoms with E-state index in [1.165, 1.54) is 0 Å². The van der Waals surface area contributed by atoms with Gasteiger partial charge in [-0.25, -0.2) is 13.2 Å². The molecule has 0 saturated heterocycles. The quantitative estimate of drug-likeness (QED) is 0.392. The van der Waals surface area contributed by atoms with Gasteiger partial charge in [0.2, 0.25) is 5.91 Å². The predicted octanol–water partition coefficient (Wildman–Crippen LogP) is 2.08. The Bertz CT molecular complexity index is 1170. The van der Waals surface area contributed by atoms with Crippen LogP contribution in [0.2, 0.25) is 0 Å². The van der Waals surface area contributed by atoms with E-state index >= 15 is 0 Å². The van der Waals surface area contributed by atoms with Crippen LogP contribution in [-0.4, -0.2) is 81.4 Å². The fraction of sp³-hybridized carbons (Fsp3) is 0.375. The fourth-order valence-electron chi connectivity index (χ4n) is 3.15. The number of alkyl halides is 3. The van der Waals surface area contributed by atoms with Gasteiger partial charge >= 0.3 is 12.1 Å². The van der Waals surface area contributed by atoms with E-state index in [0.717, 1.165) is 36.5 Å². The molecule has 0 atom stereocenters. The maximum Gasteiger partial charge on any atom is 0.490 e. The van der Waals surface area contributed by atoms with Crippen LogP contribution in [-0.2, 0) is 25.8 Å². The largest absolute Gasteiger partial charge is 0.490 e. The maximum atomic E-state index is 12.3. The average Bonchev–Trinajstić information content (AvgIpc) is 3.41. The second-order valence-corrected chi connectivity index (χ2v) is 10.0. The lowest BCUT2D eigenvalue weighted by molar-refractivity contribution is -0.192. The molecule has 0 spiro atoms. The van der Waals surface area contributed by atoms with Crippen LogP contribution in [0, 0.1) is 0 Å². The number of hydrogen-bond donors (Lipinski definition) is 3. The Morgan fingerprint density at radius 1 is 1.11 bits per heavy atom. The molecule has 0 saturated carbocycles. The minimum absolute atomic E-state index is 0.0132. The van der Waals surface area contributed by atoms with Crippen LogP contribution in [0.4, 0.5) is 13.2 Å². The minimum atomic E-state index is -5.08. The number of nitrogens with one attached hydrogen (secondary N) is 2. The number of amidine groups is 1. The number of rotatable bonds is 10. The first-order valence-corrected chi connectivity index (χ1v) is 13.0. The molecule has 1 aliphatic rings. The molecule has 1 amide bonds. The van der Waals surface area contributed by atoms with Crippen molar-refractivity contribution in [2.45, 2.75) is 23.9 Å². The summed E-state index contributed by atoms with van der Waals surface area (Å²) < 4.78 is 56.2. The molecule has 2 aromatic rings. The van der Waals surface area contributed by atoms with Crippen LogP contribution in [0.25, 0.3) is 0 Å². The Kier molecular flexibility index (Phi) is 11.1. The Balaban J connectivity index is 0.000000604. The highest BCUT2D eigenvalue weighted by atomic mass is 32.2. The topological polar surface area (TPSA) is 128 Å². The molecule has 9 nitrogen and oxygen atoms in total. The lowest BCUT2D eigenvalue weighted by atomic mass is 10.1. The molecule has 1 aliphatic heterocycles. The summed E-state index contributed by atoms with van der Waals surface area (Å²) in [5.41, 5.74) is 2.24. The summed E-state index contributed by atoms with van der Waals surface area (Å²) in [4.78, 5) is 27.6. The molecule has 13 heteroatoms. The highest BCUT2D eigenvalue weighted by molar-refractivity contribution is 7.91. The van der Waals surface area contributed by atoms with Gasteiger partial charge in [0.05, 0.1) is 11.4 Å². The number of carboxylic acid groups (broad SMARTS) is 1. The monoisotopic (exact) mass is 542 g/mol. The Hall–Kier alpha value is -3.45. The van der Waals surface area contributed by atoms with Crippen molar-refractivity contribution in [1.82, 2.24) is 15.5 Å². The lowest BCUT2D eigenvalue weighted by Crippen LogP contribution is -2.32. The zero-order valence-corrected chi connectivity index (χ0v) is 21.0. The van der Waals surface area contributed by atoms with E-state index in [0.29, 0.717) is 13.1 Å². The van der Waals surface area contributed by atoms with E-state index in [1.807, 2.05) is 12.1 Å². The molecule has 1 heterocycles. The lowest BCUT2D eigenvalue weighted by Gasteiger charge is -2.17. The van der Waals surface area contributed by atoms with Crippen LogP contribution in [0.5, 0.6) is 0 Å². The van der Waals surface area contributed by atoms with Gasteiger partial charge in [0.1, 0.15) is 11.7 Å². The van der Waals surface area contributed by atoms with E-state index in [9.17, 15) is 26.4 Å². The number of aliphatic carboxylic acids is 1. The summed E-state index contributed by atoms with van der Waals surface area (Å²) in [6, 6.07) is 16.5. The van der Waals surface area contributed by atoms with Gasteiger partial charge in [-0.2, -0.15) is 13.2 Å². The van der Waals surface area contributed by atoms with Crippen molar-refractivity contribution >= 4 is 27.5 Å². The number of halogens is 3. The Morgan fingerprint density at radius 2 is 1.73 bits per heavy atom. The van der Waals surface area contributed by atoms with Crippen LogP contribution < -0.4 is 10.6 Å². The van der Waals surface area contributed by atoms with Gasteiger partial charge in [0.15, 0.2) is 9.84 Å². The van der Waals surface area contributed by atoms with Gasteiger partial charge in [-0.05, 0) is 24.1 Å². The van der Waals surface area contributed by atoms with Crippen molar-refractivity contribution in [3.8, 4) is 0 Å². The van der Waals surface area contributed by atoms with E-state index in [2.05, 4.69) is 27.8 Å². The molecule has 0 fully saturated rings. The molecule has 0 radical (unpaired) electrons. The van der Waals surface area contributed by atoms with E-state index in [-0.39, 0.29) is 23.1 Å². The number of benzene rings is 2. The van der Waals surface area contributed by atoms with Crippen molar-refractivity contribution in [2.24, 2.45) is 4.99 Å². The van der Waals surface area contributed by atoms with Crippen molar-refractivity contribution in [3.05, 3.63) is 65.7 Å². The number of carboxylic acids is 1. The molecule has 0 unspecified atom stereocenters. The van der Waals surface area contributed by atoms with E-state index in [4.69, 9.17) is 9.90 Å². The van der Waals surface area contributed by atoms with Gasteiger partial charge in [-0.3, -0.25) is 9.79 Å². The summed E-state index contributed by atoms with van der Waals surface area (Å²) in [6.07, 6.45) is -4.07. The zero-order chi connectivity index (χ0) is 27.5. The molecule has 0 bridgehead atoms. The number of sulfone groups is 1. The molecule has 3 rings (SSSR count). The molecular weight excluding hydrogens is 513 g/mol. The summed E-state index contributed by atoms with van der Waals surface area (Å²) >= 11 is 0. The summed E-state index contributed by atoms with van der Waals surface area (Å²) in [5.74, 6) is -2.01. The van der Waals surface area contributed by atoms with Crippen LogP contribution in [0.15, 0.2) is 64.5 Å². The van der Waals surface area contributed by atoms with Gasteiger partial charge in [-0.1, -0.05) is 42.5 Å².